The van der Waals surface area contributed by atoms with Gasteiger partial charge in [0.1, 0.15) is 5.75 Å². The molecule has 0 saturated heterocycles. The van der Waals surface area contributed by atoms with E-state index in [1.165, 1.54) is 0 Å². The molecule has 0 atom stereocenters. The van der Waals surface area contributed by atoms with Crippen LogP contribution in [0.5, 0.6) is 5.75 Å². The Bertz CT molecular complexity index is 318. The van der Waals surface area contributed by atoms with Gasteiger partial charge in [-0.2, -0.15) is 0 Å². The number of hydrogen-bond acceptors (Lipinski definition) is 3. The van der Waals surface area contributed by atoms with E-state index >= 15 is 0 Å². The SMILES string of the molecule is COc1cc(N)cc(SC(C)(C)C)c1. The van der Waals surface area contributed by atoms with Crippen LogP contribution in [0, 0.1) is 0 Å². The van der Waals surface area contributed by atoms with Gasteiger partial charge in [-0.05, 0) is 12.1 Å². The van der Waals surface area contributed by atoms with Crippen molar-refractivity contribution in [2.75, 3.05) is 12.8 Å². The van der Waals surface area contributed by atoms with Crippen LogP contribution in [0.3, 0.4) is 0 Å². The van der Waals surface area contributed by atoms with Crippen molar-refractivity contribution in [2.24, 2.45) is 0 Å². The molecule has 2 N–H and O–H groups in total. The van der Waals surface area contributed by atoms with Crippen LogP contribution in [0.15, 0.2) is 23.1 Å². The summed E-state index contributed by atoms with van der Waals surface area (Å²) in [4.78, 5) is 1.15. The van der Waals surface area contributed by atoms with Crippen LogP contribution in [0.1, 0.15) is 20.8 Å². The van der Waals surface area contributed by atoms with E-state index in [0.717, 1.165) is 16.3 Å². The molecule has 0 radical (unpaired) electrons. The van der Waals surface area contributed by atoms with E-state index in [2.05, 4.69) is 20.8 Å². The van der Waals surface area contributed by atoms with E-state index in [0.29, 0.717) is 0 Å². The number of thioether (sulfide) groups is 1. The average molecular weight is 211 g/mol. The normalized spacial score (nSPS) is 11.4. The lowest BCUT2D eigenvalue weighted by Crippen LogP contribution is -2.06. The van der Waals surface area contributed by atoms with E-state index in [1.807, 2.05) is 18.2 Å². The molecule has 0 aliphatic heterocycles. The standard InChI is InChI=1S/C11H17NOS/c1-11(2,3)14-10-6-8(12)5-9(7-10)13-4/h5-7H,12H2,1-4H3. The second-order valence-corrected chi connectivity index (χ2v) is 6.06. The Morgan fingerprint density at radius 2 is 1.86 bits per heavy atom. The lowest BCUT2D eigenvalue weighted by atomic mass is 10.3. The predicted octanol–water partition coefficient (Wildman–Crippen LogP) is 3.17. The number of nitrogen functional groups attached to an aromatic ring is 1. The molecule has 78 valence electrons. The highest BCUT2D eigenvalue weighted by molar-refractivity contribution is 8.00. The van der Waals surface area contributed by atoms with Gasteiger partial charge in [-0.15, -0.1) is 11.8 Å². The molecular formula is C11H17NOS. The molecule has 3 heteroatoms. The predicted molar refractivity (Wildman–Crippen MR) is 63.0 cm³/mol. The van der Waals surface area contributed by atoms with Crippen LogP contribution in [0.4, 0.5) is 5.69 Å². The lowest BCUT2D eigenvalue weighted by molar-refractivity contribution is 0.414. The van der Waals surface area contributed by atoms with Gasteiger partial charge < -0.3 is 10.5 Å². The van der Waals surface area contributed by atoms with E-state index < -0.39 is 0 Å². The Morgan fingerprint density at radius 3 is 2.36 bits per heavy atom. The second kappa shape index (κ2) is 4.13. The Balaban J connectivity index is 2.92. The highest BCUT2D eigenvalue weighted by Gasteiger charge is 2.12. The van der Waals surface area contributed by atoms with Crippen molar-refractivity contribution >= 4 is 17.4 Å². The second-order valence-electron chi connectivity index (χ2n) is 4.16. The Morgan fingerprint density at radius 1 is 1.21 bits per heavy atom. The van der Waals surface area contributed by atoms with Gasteiger partial charge in [0.2, 0.25) is 0 Å². The maximum absolute atomic E-state index is 5.76. The summed E-state index contributed by atoms with van der Waals surface area (Å²) in [6, 6.07) is 5.80. The molecule has 1 aromatic carbocycles. The summed E-state index contributed by atoms with van der Waals surface area (Å²) >= 11 is 1.78. The van der Waals surface area contributed by atoms with Gasteiger partial charge in [-0.3, -0.25) is 0 Å². The molecule has 0 fully saturated rings. The largest absolute Gasteiger partial charge is 0.497 e. The quantitative estimate of drug-likeness (QED) is 0.603. The number of anilines is 1. The zero-order chi connectivity index (χ0) is 10.8. The summed E-state index contributed by atoms with van der Waals surface area (Å²) in [5, 5.41) is 0. The summed E-state index contributed by atoms with van der Waals surface area (Å²) in [7, 11) is 1.65. The van der Waals surface area contributed by atoms with Gasteiger partial charge in [0.15, 0.2) is 0 Å². The molecule has 0 saturated carbocycles. The minimum Gasteiger partial charge on any atom is -0.497 e. The molecule has 0 bridgehead atoms. The van der Waals surface area contributed by atoms with Gasteiger partial charge in [0.05, 0.1) is 7.11 Å². The highest BCUT2D eigenvalue weighted by atomic mass is 32.2. The van der Waals surface area contributed by atoms with Crippen molar-refractivity contribution < 1.29 is 4.74 Å². The summed E-state index contributed by atoms with van der Waals surface area (Å²) in [5.41, 5.74) is 6.51. The summed E-state index contributed by atoms with van der Waals surface area (Å²) < 4.78 is 5.35. The molecule has 0 aliphatic carbocycles. The zero-order valence-electron chi connectivity index (χ0n) is 9.13. The molecule has 1 aromatic rings. The van der Waals surface area contributed by atoms with Crippen LogP contribution in [-0.4, -0.2) is 11.9 Å². The molecule has 0 aromatic heterocycles. The van der Waals surface area contributed by atoms with Gasteiger partial charge in [0, 0.05) is 21.4 Å². The molecular weight excluding hydrogens is 194 g/mol. The van der Waals surface area contributed by atoms with Crippen LogP contribution in [-0.2, 0) is 0 Å². The van der Waals surface area contributed by atoms with Crippen molar-refractivity contribution in [3.05, 3.63) is 18.2 Å². The highest BCUT2D eigenvalue weighted by Crippen LogP contribution is 2.34. The van der Waals surface area contributed by atoms with E-state index in [4.69, 9.17) is 10.5 Å². The number of hydrogen-bond donors (Lipinski definition) is 1. The first-order valence-electron chi connectivity index (χ1n) is 4.54. The fourth-order valence-electron chi connectivity index (χ4n) is 1.12. The average Bonchev–Trinajstić information content (AvgIpc) is 1.99. The lowest BCUT2D eigenvalue weighted by Gasteiger charge is -2.18. The van der Waals surface area contributed by atoms with Crippen molar-refractivity contribution in [3.8, 4) is 5.75 Å². The van der Waals surface area contributed by atoms with Gasteiger partial charge in [-0.1, -0.05) is 20.8 Å². The maximum Gasteiger partial charge on any atom is 0.122 e. The third-order valence-corrected chi connectivity index (χ3v) is 2.65. The number of benzene rings is 1. The molecule has 0 unspecified atom stereocenters. The Kier molecular flexibility index (Phi) is 3.32. The minimum atomic E-state index is 0.193. The van der Waals surface area contributed by atoms with Crippen molar-refractivity contribution in [2.45, 2.75) is 30.4 Å². The van der Waals surface area contributed by atoms with Crippen molar-refractivity contribution in [1.82, 2.24) is 0 Å². The first-order chi connectivity index (χ1) is 6.40. The molecule has 1 rings (SSSR count). The topological polar surface area (TPSA) is 35.2 Å². The number of nitrogens with two attached hydrogens (primary N) is 1. The molecule has 14 heavy (non-hydrogen) atoms. The molecule has 0 spiro atoms. The monoisotopic (exact) mass is 211 g/mol. The fraction of sp³-hybridized carbons (Fsp3) is 0.455. The third-order valence-electron chi connectivity index (χ3n) is 1.56. The van der Waals surface area contributed by atoms with Crippen LogP contribution >= 0.6 is 11.8 Å². The molecule has 0 amide bonds. The fourth-order valence-corrected chi connectivity index (χ4v) is 2.20. The maximum atomic E-state index is 5.76. The van der Waals surface area contributed by atoms with Crippen LogP contribution in [0.2, 0.25) is 0 Å². The van der Waals surface area contributed by atoms with Crippen LogP contribution < -0.4 is 10.5 Å². The molecule has 0 aliphatic rings. The van der Waals surface area contributed by atoms with E-state index in [9.17, 15) is 0 Å². The van der Waals surface area contributed by atoms with Gasteiger partial charge in [-0.25, -0.2) is 0 Å². The van der Waals surface area contributed by atoms with Gasteiger partial charge in [0.25, 0.3) is 0 Å². The minimum absolute atomic E-state index is 0.193. The first kappa shape index (κ1) is 11.2. The summed E-state index contributed by atoms with van der Waals surface area (Å²) in [5.74, 6) is 0.816. The van der Waals surface area contributed by atoms with E-state index in [-0.39, 0.29) is 4.75 Å². The summed E-state index contributed by atoms with van der Waals surface area (Å²) in [6.07, 6.45) is 0. The number of rotatable bonds is 2. The number of ether oxygens (including phenoxy) is 1. The third kappa shape index (κ3) is 3.50. The zero-order valence-corrected chi connectivity index (χ0v) is 9.94. The van der Waals surface area contributed by atoms with Gasteiger partial charge >= 0.3 is 0 Å². The van der Waals surface area contributed by atoms with Crippen molar-refractivity contribution in [1.29, 1.82) is 0 Å². The molecule has 0 heterocycles. The first-order valence-corrected chi connectivity index (χ1v) is 5.36. The van der Waals surface area contributed by atoms with E-state index in [1.54, 1.807) is 18.9 Å². The number of methoxy groups -OCH3 is 1. The Labute approximate surface area is 89.8 Å². The van der Waals surface area contributed by atoms with Crippen molar-refractivity contribution in [3.63, 3.8) is 0 Å². The molecule has 2 nitrogen and oxygen atoms in total. The summed E-state index contributed by atoms with van der Waals surface area (Å²) in [6.45, 7) is 6.52. The van der Waals surface area contributed by atoms with Crippen LogP contribution in [0.25, 0.3) is 0 Å². The smallest absolute Gasteiger partial charge is 0.122 e. The Hall–Kier alpha value is -0.830.